The maximum Gasteiger partial charge on any atom is 0.410 e. The molecule has 0 bridgehead atoms. The van der Waals surface area contributed by atoms with Gasteiger partial charge in [-0.1, -0.05) is 78.9 Å². The van der Waals surface area contributed by atoms with Gasteiger partial charge < -0.3 is 19.6 Å². The Bertz CT molecular complexity index is 1380. The topological polar surface area (TPSA) is 90.4 Å². The van der Waals surface area contributed by atoms with E-state index >= 15 is 0 Å². The van der Waals surface area contributed by atoms with E-state index in [2.05, 4.69) is 4.90 Å². The number of halogens is 2. The van der Waals surface area contributed by atoms with Crippen molar-refractivity contribution in [1.29, 1.82) is 0 Å². The number of ether oxygens (including phenoxy) is 1. The minimum atomic E-state index is -3.76. The van der Waals surface area contributed by atoms with E-state index in [1.54, 1.807) is 37.4 Å². The molecule has 0 spiro atoms. The molecule has 1 unspecified atom stereocenters. The fourth-order valence-corrected chi connectivity index (χ4v) is 7.03. The molecule has 1 heterocycles. The number of sulfonamides is 1. The first kappa shape index (κ1) is 35.5. The molecule has 1 saturated heterocycles. The van der Waals surface area contributed by atoms with Gasteiger partial charge in [-0.25, -0.2) is 17.6 Å². The first-order valence-electron chi connectivity index (χ1n) is 14.7. The molecular formula is C33H43ClFN3O5S. The van der Waals surface area contributed by atoms with E-state index in [0.717, 1.165) is 11.1 Å². The second-order valence-electron chi connectivity index (χ2n) is 11.1. The van der Waals surface area contributed by atoms with E-state index < -0.39 is 28.2 Å². The van der Waals surface area contributed by atoms with Crippen LogP contribution in [-0.2, 0) is 26.8 Å². The highest BCUT2D eigenvalue weighted by atomic mass is 35.5. The van der Waals surface area contributed by atoms with Gasteiger partial charge in [0.2, 0.25) is 10.0 Å². The number of hydrogen-bond donors (Lipinski definition) is 1. The van der Waals surface area contributed by atoms with E-state index in [1.807, 2.05) is 60.7 Å². The lowest BCUT2D eigenvalue weighted by molar-refractivity contribution is 0.0551. The van der Waals surface area contributed by atoms with Crippen molar-refractivity contribution in [3.63, 3.8) is 0 Å². The van der Waals surface area contributed by atoms with E-state index in [0.29, 0.717) is 38.9 Å². The molecule has 8 nitrogen and oxygen atoms in total. The van der Waals surface area contributed by atoms with E-state index in [1.165, 1.54) is 9.21 Å². The van der Waals surface area contributed by atoms with E-state index in [9.17, 15) is 22.7 Å². The molecule has 1 atom stereocenters. The quantitative estimate of drug-likeness (QED) is 0.261. The normalized spacial score (nSPS) is 15.7. The monoisotopic (exact) mass is 647 g/mol. The Labute approximate surface area is 266 Å². The summed E-state index contributed by atoms with van der Waals surface area (Å²) in [6, 6.07) is 27.1. The maximum atomic E-state index is 13.4. The number of likely N-dealkylation sites (tertiary alicyclic amines) is 1. The Balaban J connectivity index is 0.00000529. The highest BCUT2D eigenvalue weighted by Crippen LogP contribution is 2.32. The third-order valence-electron chi connectivity index (χ3n) is 8.34. The number of amides is 1. The number of hydrogen-bond acceptors (Lipinski definition) is 6. The van der Waals surface area contributed by atoms with Crippen LogP contribution in [0.3, 0.4) is 0 Å². The zero-order chi connectivity index (χ0) is 30.7. The molecule has 1 amide bonds. The van der Waals surface area contributed by atoms with Crippen LogP contribution in [0.2, 0.25) is 0 Å². The van der Waals surface area contributed by atoms with Crippen molar-refractivity contribution in [3.8, 4) is 0 Å². The molecule has 11 heteroatoms. The van der Waals surface area contributed by atoms with Crippen molar-refractivity contribution in [1.82, 2.24) is 14.1 Å². The molecule has 0 aromatic heterocycles. The molecule has 1 aliphatic heterocycles. The number of aliphatic hydroxyl groups excluding tert-OH is 1. The van der Waals surface area contributed by atoms with Gasteiger partial charge in [-0.05, 0) is 49.1 Å². The number of aliphatic hydroxyl groups is 1. The number of nitrogens with zero attached hydrogens (tertiary/aromatic N) is 3. The van der Waals surface area contributed by atoms with Gasteiger partial charge in [-0.2, -0.15) is 4.31 Å². The molecule has 0 aliphatic carbocycles. The highest BCUT2D eigenvalue weighted by Gasteiger charge is 2.37. The van der Waals surface area contributed by atoms with Crippen LogP contribution < -0.4 is 0 Å². The molecule has 1 fully saturated rings. The van der Waals surface area contributed by atoms with Gasteiger partial charge in [0.05, 0.1) is 18.0 Å². The summed E-state index contributed by atoms with van der Waals surface area (Å²) < 4.78 is 47.0. The lowest BCUT2D eigenvalue weighted by Gasteiger charge is -2.40. The van der Waals surface area contributed by atoms with Crippen LogP contribution in [0, 0.1) is 0 Å². The minimum absolute atomic E-state index is 0. The Morgan fingerprint density at radius 3 is 2.11 bits per heavy atom. The first-order chi connectivity index (χ1) is 20.8. The van der Waals surface area contributed by atoms with Crippen LogP contribution in [0.4, 0.5) is 9.18 Å². The summed E-state index contributed by atoms with van der Waals surface area (Å²) >= 11 is 0. The summed E-state index contributed by atoms with van der Waals surface area (Å²) in [4.78, 5) is 16.8. The zero-order valence-electron chi connectivity index (χ0n) is 25.1. The number of rotatable bonds is 14. The Hall–Kier alpha value is -3.02. The Morgan fingerprint density at radius 2 is 1.55 bits per heavy atom. The van der Waals surface area contributed by atoms with E-state index in [-0.39, 0.29) is 49.6 Å². The van der Waals surface area contributed by atoms with Crippen molar-refractivity contribution in [2.45, 2.75) is 42.2 Å². The third-order valence-corrected chi connectivity index (χ3v) is 10.2. The van der Waals surface area contributed by atoms with Crippen molar-refractivity contribution in [2.24, 2.45) is 0 Å². The molecule has 0 radical (unpaired) electrons. The van der Waals surface area contributed by atoms with Gasteiger partial charge >= 0.3 is 6.09 Å². The highest BCUT2D eigenvalue weighted by molar-refractivity contribution is 7.89. The molecule has 0 saturated carbocycles. The first-order valence-corrected chi connectivity index (χ1v) is 16.2. The molecule has 240 valence electrons. The number of likely N-dealkylation sites (N-methyl/N-ethyl adjacent to an activating group) is 1. The number of piperidine rings is 1. The van der Waals surface area contributed by atoms with Crippen LogP contribution in [0.5, 0.6) is 0 Å². The molecule has 3 aromatic rings. The van der Waals surface area contributed by atoms with E-state index in [4.69, 9.17) is 4.74 Å². The third kappa shape index (κ3) is 9.01. The van der Waals surface area contributed by atoms with Crippen molar-refractivity contribution < 1.29 is 27.4 Å². The van der Waals surface area contributed by atoms with Crippen molar-refractivity contribution >= 4 is 28.5 Å². The van der Waals surface area contributed by atoms with Gasteiger partial charge in [-0.3, -0.25) is 0 Å². The van der Waals surface area contributed by atoms with Gasteiger partial charge in [0.1, 0.15) is 13.3 Å². The second kappa shape index (κ2) is 16.9. The minimum Gasteiger partial charge on any atom is -0.445 e. The summed E-state index contributed by atoms with van der Waals surface area (Å²) in [5.74, 6) is 0. The Morgan fingerprint density at radius 1 is 0.977 bits per heavy atom. The molecule has 4 rings (SSSR count). The molecule has 1 N–H and O–H groups in total. The second-order valence-corrected chi connectivity index (χ2v) is 13.2. The van der Waals surface area contributed by atoms with Crippen molar-refractivity contribution in [2.75, 3.05) is 53.1 Å². The number of alkyl halides is 1. The fourth-order valence-electron chi connectivity index (χ4n) is 5.75. The lowest BCUT2D eigenvalue weighted by atomic mass is 9.77. The molecule has 3 aromatic carbocycles. The maximum absolute atomic E-state index is 13.4. The average molecular weight is 648 g/mol. The molecule has 44 heavy (non-hydrogen) atoms. The van der Waals surface area contributed by atoms with Crippen LogP contribution in [-0.4, -0.2) is 92.8 Å². The van der Waals surface area contributed by atoms with Gasteiger partial charge in [0, 0.05) is 38.1 Å². The van der Waals surface area contributed by atoms with Gasteiger partial charge in [-0.15, -0.1) is 12.4 Å². The number of carbonyl (C=O) groups is 1. The van der Waals surface area contributed by atoms with Crippen LogP contribution in [0.25, 0.3) is 0 Å². The van der Waals surface area contributed by atoms with Crippen molar-refractivity contribution in [3.05, 3.63) is 102 Å². The Kier molecular flexibility index (Phi) is 13.6. The fraction of sp³-hybridized carbons (Fsp3) is 0.424. The smallest absolute Gasteiger partial charge is 0.410 e. The van der Waals surface area contributed by atoms with Crippen LogP contribution >= 0.6 is 12.4 Å². The van der Waals surface area contributed by atoms with Gasteiger partial charge in [0.25, 0.3) is 0 Å². The van der Waals surface area contributed by atoms with Crippen LogP contribution in [0.15, 0.2) is 95.9 Å². The standard InChI is InChI=1S/C33H42FN3O5S.ClH/c1-35(43(40,41)31-15-9-4-10-16-31)26-33(27-38,29-13-7-3-8-14-29)19-23-36-21-17-30(18-22-36)37(24-20-34)32(39)42-25-28-11-5-2-6-12-28;/h2-16,30,38H,17-27H2,1H3;1H. The largest absolute Gasteiger partial charge is 0.445 e. The summed E-state index contributed by atoms with van der Waals surface area (Å²) in [6.45, 7) is 1.37. The van der Waals surface area contributed by atoms with Crippen LogP contribution in [0.1, 0.15) is 30.4 Å². The average Bonchev–Trinajstić information content (AvgIpc) is 3.06. The predicted molar refractivity (Wildman–Crippen MR) is 172 cm³/mol. The number of benzene rings is 3. The summed E-state index contributed by atoms with van der Waals surface area (Å²) in [5.41, 5.74) is 0.924. The predicted octanol–water partition coefficient (Wildman–Crippen LogP) is 5.12. The van der Waals surface area contributed by atoms with Gasteiger partial charge in [0.15, 0.2) is 0 Å². The summed E-state index contributed by atoms with van der Waals surface area (Å²) in [5, 5.41) is 10.8. The molecule has 1 aliphatic rings. The zero-order valence-corrected chi connectivity index (χ0v) is 26.8. The number of carbonyl (C=O) groups excluding carboxylic acids is 1. The SMILES string of the molecule is CN(CC(CO)(CCN1CCC(N(CCF)C(=O)OCc2ccccc2)CC1)c1ccccc1)S(=O)(=O)c1ccccc1.Cl. The summed E-state index contributed by atoms with van der Waals surface area (Å²) in [6.07, 6.45) is 1.35. The summed E-state index contributed by atoms with van der Waals surface area (Å²) in [7, 11) is -2.20. The molecular weight excluding hydrogens is 605 g/mol. The lowest BCUT2D eigenvalue weighted by Crippen LogP contribution is -2.50.